The molecule has 2 rings (SSSR count). The van der Waals surface area contributed by atoms with E-state index in [0.29, 0.717) is 12.2 Å². The summed E-state index contributed by atoms with van der Waals surface area (Å²) >= 11 is 7.68. The molecule has 96 valence electrons. The topological polar surface area (TPSA) is 46.9 Å². The van der Waals surface area contributed by atoms with E-state index in [1.165, 1.54) is 15.1 Å². The van der Waals surface area contributed by atoms with Gasteiger partial charge in [-0.05, 0) is 23.4 Å². The monoisotopic (exact) mass is 283 g/mol. The Morgan fingerprint density at radius 3 is 3.06 bits per heavy atom. The van der Waals surface area contributed by atoms with E-state index in [4.69, 9.17) is 11.6 Å². The molecule has 0 unspecified atom stereocenters. The van der Waals surface area contributed by atoms with Crippen LogP contribution in [0.5, 0.6) is 0 Å². The van der Waals surface area contributed by atoms with Crippen LogP contribution in [0.4, 0.5) is 5.69 Å². The highest BCUT2D eigenvalue weighted by atomic mass is 35.5. The highest BCUT2D eigenvalue weighted by molar-refractivity contribution is 7.10. The fourth-order valence-electron chi connectivity index (χ4n) is 1.65. The lowest BCUT2D eigenvalue weighted by Crippen LogP contribution is -2.21. The Hall–Kier alpha value is -1.33. The third-order valence-electron chi connectivity index (χ3n) is 2.74. The van der Waals surface area contributed by atoms with E-state index in [1.54, 1.807) is 24.6 Å². The van der Waals surface area contributed by atoms with E-state index < -0.39 is 0 Å². The normalized spacial score (nSPS) is 10.6. The molecule has 0 radical (unpaired) electrons. The van der Waals surface area contributed by atoms with Crippen LogP contribution >= 0.6 is 22.9 Å². The molecule has 2 aromatic heterocycles. The van der Waals surface area contributed by atoms with Crippen molar-refractivity contribution in [1.82, 2.24) is 9.78 Å². The Morgan fingerprint density at radius 2 is 2.33 bits per heavy atom. The average Bonchev–Trinajstić information content (AvgIpc) is 2.82. The standard InChI is InChI=1S/C12H14ClN3OS/c1-3-8-4-5-18-10(8)7-14-9-6-15-16(2)12(17)11(9)13/h4-6,14H,3,7H2,1-2H3. The summed E-state index contributed by atoms with van der Waals surface area (Å²) in [6.45, 7) is 2.79. The molecule has 0 bridgehead atoms. The quantitative estimate of drug-likeness (QED) is 0.938. The van der Waals surface area contributed by atoms with Crippen LogP contribution in [0.3, 0.4) is 0 Å². The van der Waals surface area contributed by atoms with Crippen molar-refractivity contribution in [3.63, 3.8) is 0 Å². The minimum absolute atomic E-state index is 0.183. The van der Waals surface area contributed by atoms with Crippen molar-refractivity contribution in [3.8, 4) is 0 Å². The number of hydrogen-bond acceptors (Lipinski definition) is 4. The maximum absolute atomic E-state index is 11.6. The van der Waals surface area contributed by atoms with Crippen LogP contribution in [0.1, 0.15) is 17.4 Å². The molecule has 0 saturated heterocycles. The van der Waals surface area contributed by atoms with Crippen LogP contribution in [-0.2, 0) is 20.0 Å². The number of nitrogens with zero attached hydrogens (tertiary/aromatic N) is 2. The summed E-state index contributed by atoms with van der Waals surface area (Å²) in [5.74, 6) is 0. The van der Waals surface area contributed by atoms with E-state index in [-0.39, 0.29) is 10.6 Å². The molecule has 0 amide bonds. The maximum atomic E-state index is 11.6. The molecule has 1 N–H and O–H groups in total. The van der Waals surface area contributed by atoms with Crippen LogP contribution in [0.2, 0.25) is 5.02 Å². The Morgan fingerprint density at radius 1 is 1.56 bits per heavy atom. The van der Waals surface area contributed by atoms with E-state index in [9.17, 15) is 4.79 Å². The molecule has 0 aromatic carbocycles. The molecule has 0 aliphatic rings. The first kappa shape index (κ1) is 13.1. The first-order chi connectivity index (χ1) is 8.63. The van der Waals surface area contributed by atoms with Gasteiger partial charge in [-0.2, -0.15) is 5.10 Å². The SMILES string of the molecule is CCc1ccsc1CNc1cnn(C)c(=O)c1Cl. The average molecular weight is 284 g/mol. The highest BCUT2D eigenvalue weighted by Gasteiger charge is 2.08. The van der Waals surface area contributed by atoms with Gasteiger partial charge in [0.05, 0.1) is 11.9 Å². The number of anilines is 1. The second-order valence-corrected chi connectivity index (χ2v) is 5.26. The van der Waals surface area contributed by atoms with Crippen molar-refractivity contribution in [2.45, 2.75) is 19.9 Å². The summed E-state index contributed by atoms with van der Waals surface area (Å²) < 4.78 is 1.22. The number of hydrogen-bond donors (Lipinski definition) is 1. The number of nitrogens with one attached hydrogen (secondary N) is 1. The molecule has 6 heteroatoms. The van der Waals surface area contributed by atoms with Gasteiger partial charge in [0.2, 0.25) is 0 Å². The molecule has 2 aromatic rings. The molecular formula is C12H14ClN3OS. The maximum Gasteiger partial charge on any atom is 0.287 e. The first-order valence-corrected chi connectivity index (χ1v) is 6.90. The molecular weight excluding hydrogens is 270 g/mol. The van der Waals surface area contributed by atoms with Gasteiger partial charge in [-0.1, -0.05) is 18.5 Å². The van der Waals surface area contributed by atoms with Gasteiger partial charge in [-0.15, -0.1) is 11.3 Å². The Kier molecular flexibility index (Phi) is 4.04. The van der Waals surface area contributed by atoms with Gasteiger partial charge >= 0.3 is 0 Å². The number of thiophene rings is 1. The van der Waals surface area contributed by atoms with Crippen molar-refractivity contribution >= 4 is 28.6 Å². The van der Waals surface area contributed by atoms with Gasteiger partial charge in [0.25, 0.3) is 5.56 Å². The fourth-order valence-corrected chi connectivity index (χ4v) is 2.80. The summed E-state index contributed by atoms with van der Waals surface area (Å²) in [6, 6.07) is 2.12. The van der Waals surface area contributed by atoms with Gasteiger partial charge in [-0.3, -0.25) is 4.79 Å². The van der Waals surface area contributed by atoms with Gasteiger partial charge in [0.15, 0.2) is 0 Å². The van der Waals surface area contributed by atoms with Crippen LogP contribution in [-0.4, -0.2) is 9.78 Å². The van der Waals surface area contributed by atoms with Crippen LogP contribution < -0.4 is 10.9 Å². The lowest BCUT2D eigenvalue weighted by Gasteiger charge is -2.08. The van der Waals surface area contributed by atoms with Gasteiger partial charge < -0.3 is 5.32 Å². The van der Waals surface area contributed by atoms with Crippen LogP contribution in [0, 0.1) is 0 Å². The molecule has 2 heterocycles. The second-order valence-electron chi connectivity index (χ2n) is 3.88. The predicted molar refractivity (Wildman–Crippen MR) is 75.5 cm³/mol. The molecule has 0 fully saturated rings. The second kappa shape index (κ2) is 5.54. The summed E-state index contributed by atoms with van der Waals surface area (Å²) in [6.07, 6.45) is 2.58. The Balaban J connectivity index is 2.16. The zero-order valence-electron chi connectivity index (χ0n) is 10.2. The highest BCUT2D eigenvalue weighted by Crippen LogP contribution is 2.21. The molecule has 0 aliphatic carbocycles. The van der Waals surface area contributed by atoms with E-state index in [2.05, 4.69) is 28.8 Å². The number of aromatic nitrogens is 2. The first-order valence-electron chi connectivity index (χ1n) is 5.64. The van der Waals surface area contributed by atoms with E-state index in [0.717, 1.165) is 6.42 Å². The zero-order chi connectivity index (χ0) is 13.1. The minimum Gasteiger partial charge on any atom is -0.377 e. The number of aryl methyl sites for hydroxylation is 2. The summed E-state index contributed by atoms with van der Waals surface area (Å²) in [7, 11) is 1.58. The molecule has 0 saturated carbocycles. The van der Waals surface area contributed by atoms with Crippen molar-refractivity contribution in [1.29, 1.82) is 0 Å². The molecule has 0 spiro atoms. The van der Waals surface area contributed by atoms with Crippen LogP contribution in [0.15, 0.2) is 22.4 Å². The van der Waals surface area contributed by atoms with E-state index in [1.807, 2.05) is 0 Å². The molecule has 4 nitrogen and oxygen atoms in total. The van der Waals surface area contributed by atoms with E-state index >= 15 is 0 Å². The summed E-state index contributed by atoms with van der Waals surface area (Å²) in [5.41, 5.74) is 1.61. The van der Waals surface area contributed by atoms with Gasteiger partial charge in [0, 0.05) is 18.5 Å². The minimum atomic E-state index is -0.288. The zero-order valence-corrected chi connectivity index (χ0v) is 11.8. The largest absolute Gasteiger partial charge is 0.377 e. The fraction of sp³-hybridized carbons (Fsp3) is 0.333. The predicted octanol–water partition coefficient (Wildman–Crippen LogP) is 2.67. The molecule has 0 atom stereocenters. The Bertz CT molecular complexity index is 606. The van der Waals surface area contributed by atoms with Crippen molar-refractivity contribution in [3.05, 3.63) is 43.5 Å². The van der Waals surface area contributed by atoms with Crippen molar-refractivity contribution in [2.75, 3.05) is 5.32 Å². The van der Waals surface area contributed by atoms with Gasteiger partial charge in [0.1, 0.15) is 5.02 Å². The third kappa shape index (κ3) is 2.57. The van der Waals surface area contributed by atoms with Crippen molar-refractivity contribution < 1.29 is 0 Å². The van der Waals surface area contributed by atoms with Crippen LogP contribution in [0.25, 0.3) is 0 Å². The third-order valence-corrected chi connectivity index (χ3v) is 4.06. The summed E-state index contributed by atoms with van der Waals surface area (Å²) in [5, 5.41) is 9.36. The molecule has 0 aliphatic heterocycles. The summed E-state index contributed by atoms with van der Waals surface area (Å²) in [4.78, 5) is 12.9. The van der Waals surface area contributed by atoms with Gasteiger partial charge in [-0.25, -0.2) is 4.68 Å². The lowest BCUT2D eigenvalue weighted by atomic mass is 10.2. The smallest absolute Gasteiger partial charge is 0.287 e. The van der Waals surface area contributed by atoms with Crippen molar-refractivity contribution in [2.24, 2.45) is 7.05 Å². The number of halogens is 1. The molecule has 18 heavy (non-hydrogen) atoms. The number of rotatable bonds is 4. The lowest BCUT2D eigenvalue weighted by molar-refractivity contribution is 0.708. The Labute approximate surface area is 114 Å².